The van der Waals surface area contributed by atoms with Gasteiger partial charge in [0.2, 0.25) is 0 Å². The molecule has 0 N–H and O–H groups in total. The largest absolute Gasteiger partial charge is 0.492 e. The highest BCUT2D eigenvalue weighted by molar-refractivity contribution is 8.26. The van der Waals surface area contributed by atoms with Crippen LogP contribution >= 0.6 is 35.6 Å². The van der Waals surface area contributed by atoms with E-state index in [1.165, 1.54) is 11.8 Å². The molecule has 2 aliphatic heterocycles. The van der Waals surface area contributed by atoms with Gasteiger partial charge in [0.15, 0.2) is 0 Å². The first-order valence-electron chi connectivity index (χ1n) is 11.5. The fourth-order valence-corrected chi connectivity index (χ4v) is 5.64. The van der Waals surface area contributed by atoms with Gasteiger partial charge in [0, 0.05) is 23.9 Å². The second-order valence-electron chi connectivity index (χ2n) is 8.22. The maximum Gasteiger partial charge on any atom is 0.266 e. The number of halogens is 1. The predicted octanol–water partition coefficient (Wildman–Crippen LogP) is 5.97. The Bertz CT molecular complexity index is 1290. The van der Waals surface area contributed by atoms with Gasteiger partial charge in [0.25, 0.3) is 5.91 Å². The summed E-state index contributed by atoms with van der Waals surface area (Å²) in [7, 11) is 0. The highest BCUT2D eigenvalue weighted by Gasteiger charge is 2.35. The van der Waals surface area contributed by atoms with Crippen molar-refractivity contribution in [2.24, 2.45) is 0 Å². The Balaban J connectivity index is 1.52. The number of carbonyl (C=O) groups is 1. The standard InChI is InChI=1S/C26H24ClN3O3S2/c1-2-32-22-11-10-17(13-21(22)27)24-18(15-30(28-24)19-7-4-3-5-8-19)14-23-25(31)29(26(34)35-23)16-20-9-6-12-33-20/h3-5,7-8,10-11,13-15,20H,2,6,9,12,16H2,1H3. The molecule has 1 aromatic heterocycles. The summed E-state index contributed by atoms with van der Waals surface area (Å²) in [5, 5.41) is 5.35. The number of ether oxygens (including phenoxy) is 2. The van der Waals surface area contributed by atoms with Crippen molar-refractivity contribution in [3.63, 3.8) is 0 Å². The number of para-hydroxylation sites is 1. The van der Waals surface area contributed by atoms with E-state index in [0.717, 1.165) is 36.3 Å². The van der Waals surface area contributed by atoms with Crippen molar-refractivity contribution in [3.05, 3.63) is 70.2 Å². The molecule has 5 rings (SSSR count). The summed E-state index contributed by atoms with van der Waals surface area (Å²) < 4.78 is 13.7. The van der Waals surface area contributed by atoms with Crippen LogP contribution in [0.5, 0.6) is 5.75 Å². The molecule has 0 aliphatic carbocycles. The number of aromatic nitrogens is 2. The number of hydrogen-bond donors (Lipinski definition) is 0. The van der Waals surface area contributed by atoms with Crippen LogP contribution in [0.15, 0.2) is 59.6 Å². The number of carbonyl (C=O) groups excluding carboxylic acids is 1. The van der Waals surface area contributed by atoms with Crippen LogP contribution in [0.1, 0.15) is 25.3 Å². The first kappa shape index (κ1) is 24.1. The van der Waals surface area contributed by atoms with Crippen molar-refractivity contribution in [2.75, 3.05) is 19.8 Å². The van der Waals surface area contributed by atoms with Crippen LogP contribution in [-0.2, 0) is 9.53 Å². The lowest BCUT2D eigenvalue weighted by atomic mass is 10.1. The van der Waals surface area contributed by atoms with E-state index >= 15 is 0 Å². The normalized spacial score (nSPS) is 19.2. The molecular formula is C26H24ClN3O3S2. The lowest BCUT2D eigenvalue weighted by Gasteiger charge is -2.18. The van der Waals surface area contributed by atoms with Crippen molar-refractivity contribution in [2.45, 2.75) is 25.9 Å². The molecule has 2 aliphatic rings. The highest BCUT2D eigenvalue weighted by Crippen LogP contribution is 2.37. The van der Waals surface area contributed by atoms with E-state index in [-0.39, 0.29) is 12.0 Å². The third-order valence-corrected chi connectivity index (χ3v) is 7.51. The van der Waals surface area contributed by atoms with Crippen LogP contribution in [0, 0.1) is 0 Å². The van der Waals surface area contributed by atoms with Gasteiger partial charge in [-0.2, -0.15) is 5.10 Å². The topological polar surface area (TPSA) is 56.6 Å². The van der Waals surface area contributed by atoms with Gasteiger partial charge >= 0.3 is 0 Å². The van der Waals surface area contributed by atoms with Crippen LogP contribution < -0.4 is 4.74 Å². The quantitative estimate of drug-likeness (QED) is 0.280. The summed E-state index contributed by atoms with van der Waals surface area (Å²) in [6, 6.07) is 15.4. The molecule has 1 unspecified atom stereocenters. The molecule has 1 atom stereocenters. The summed E-state index contributed by atoms with van der Waals surface area (Å²) in [5.41, 5.74) is 3.25. The molecule has 35 heavy (non-hydrogen) atoms. The monoisotopic (exact) mass is 525 g/mol. The molecule has 9 heteroatoms. The van der Waals surface area contributed by atoms with Gasteiger partial charge in [-0.05, 0) is 56.2 Å². The molecule has 0 saturated carbocycles. The van der Waals surface area contributed by atoms with Crippen LogP contribution in [0.2, 0.25) is 5.02 Å². The highest BCUT2D eigenvalue weighted by atomic mass is 35.5. The SMILES string of the molecule is CCOc1ccc(-c2nn(-c3ccccc3)cc2C=C2SC(=S)N(CC3CCCO3)C2=O)cc1Cl. The molecule has 0 radical (unpaired) electrons. The van der Waals surface area contributed by atoms with E-state index in [4.69, 9.17) is 38.4 Å². The summed E-state index contributed by atoms with van der Waals surface area (Å²) in [6.07, 6.45) is 5.78. The van der Waals surface area contributed by atoms with Gasteiger partial charge in [-0.3, -0.25) is 9.69 Å². The third-order valence-electron chi connectivity index (χ3n) is 5.84. The van der Waals surface area contributed by atoms with E-state index in [2.05, 4.69) is 0 Å². The number of benzene rings is 2. The molecule has 3 heterocycles. The first-order valence-corrected chi connectivity index (χ1v) is 13.1. The Morgan fingerprint density at radius 3 is 2.83 bits per heavy atom. The van der Waals surface area contributed by atoms with E-state index in [9.17, 15) is 4.79 Å². The van der Waals surface area contributed by atoms with E-state index in [0.29, 0.717) is 38.8 Å². The zero-order valence-corrected chi connectivity index (χ0v) is 21.5. The average Bonchev–Trinajstić information content (AvgIpc) is 3.59. The smallest absolute Gasteiger partial charge is 0.266 e. The molecular weight excluding hydrogens is 502 g/mol. The lowest BCUT2D eigenvalue weighted by Crippen LogP contribution is -2.35. The predicted molar refractivity (Wildman–Crippen MR) is 144 cm³/mol. The van der Waals surface area contributed by atoms with E-state index < -0.39 is 0 Å². The van der Waals surface area contributed by atoms with Crippen molar-refractivity contribution in [1.29, 1.82) is 0 Å². The maximum absolute atomic E-state index is 13.2. The van der Waals surface area contributed by atoms with Crippen LogP contribution in [0.4, 0.5) is 0 Å². The number of nitrogens with zero attached hydrogens (tertiary/aromatic N) is 3. The fourth-order valence-electron chi connectivity index (χ4n) is 4.14. The second kappa shape index (κ2) is 10.5. The Kier molecular flexibility index (Phi) is 7.24. The van der Waals surface area contributed by atoms with Crippen molar-refractivity contribution >= 4 is 51.9 Å². The number of rotatable bonds is 7. The Hall–Kier alpha value is -2.65. The summed E-state index contributed by atoms with van der Waals surface area (Å²) >= 11 is 13.3. The minimum atomic E-state index is -0.0985. The molecule has 3 aromatic rings. The third kappa shape index (κ3) is 5.16. The van der Waals surface area contributed by atoms with Crippen molar-refractivity contribution in [1.82, 2.24) is 14.7 Å². The average molecular weight is 526 g/mol. The molecule has 6 nitrogen and oxygen atoms in total. The Morgan fingerprint density at radius 1 is 1.29 bits per heavy atom. The van der Waals surface area contributed by atoms with Crippen molar-refractivity contribution < 1.29 is 14.3 Å². The van der Waals surface area contributed by atoms with Crippen LogP contribution in [0.25, 0.3) is 23.0 Å². The second-order valence-corrected chi connectivity index (χ2v) is 10.3. The van der Waals surface area contributed by atoms with E-state index in [1.54, 1.807) is 9.58 Å². The minimum absolute atomic E-state index is 0.0410. The number of amides is 1. The zero-order valence-electron chi connectivity index (χ0n) is 19.1. The fraction of sp³-hybridized carbons (Fsp3) is 0.269. The summed E-state index contributed by atoms with van der Waals surface area (Å²) in [6.45, 7) is 3.67. The van der Waals surface area contributed by atoms with Gasteiger partial charge in [-0.15, -0.1) is 0 Å². The first-order chi connectivity index (χ1) is 17.0. The molecule has 2 fully saturated rings. The van der Waals surface area contributed by atoms with Gasteiger partial charge in [-0.25, -0.2) is 4.68 Å². The summed E-state index contributed by atoms with van der Waals surface area (Å²) in [5.74, 6) is 0.524. The minimum Gasteiger partial charge on any atom is -0.492 e. The number of thioether (sulfide) groups is 1. The van der Waals surface area contributed by atoms with Gasteiger partial charge in [-0.1, -0.05) is 53.8 Å². The van der Waals surface area contributed by atoms with Crippen LogP contribution in [-0.4, -0.2) is 50.8 Å². The summed E-state index contributed by atoms with van der Waals surface area (Å²) in [4.78, 5) is 15.5. The zero-order chi connectivity index (χ0) is 24.4. The molecule has 2 saturated heterocycles. The van der Waals surface area contributed by atoms with Gasteiger partial charge < -0.3 is 9.47 Å². The van der Waals surface area contributed by atoms with Crippen molar-refractivity contribution in [3.8, 4) is 22.7 Å². The molecule has 1 amide bonds. The molecule has 2 aromatic carbocycles. The lowest BCUT2D eigenvalue weighted by molar-refractivity contribution is -0.123. The van der Waals surface area contributed by atoms with Gasteiger partial charge in [0.1, 0.15) is 15.8 Å². The molecule has 0 bridgehead atoms. The Morgan fingerprint density at radius 2 is 2.11 bits per heavy atom. The van der Waals surface area contributed by atoms with E-state index in [1.807, 2.05) is 67.7 Å². The van der Waals surface area contributed by atoms with Crippen LogP contribution in [0.3, 0.4) is 0 Å². The number of thiocarbonyl (C=S) groups is 1. The molecule has 180 valence electrons. The number of hydrogen-bond acceptors (Lipinski definition) is 6. The maximum atomic E-state index is 13.2. The Labute approximate surface area is 218 Å². The van der Waals surface area contributed by atoms with Gasteiger partial charge in [0.05, 0.1) is 34.9 Å². The molecule has 0 spiro atoms.